The van der Waals surface area contributed by atoms with Gasteiger partial charge in [0, 0.05) is 5.69 Å². The lowest BCUT2D eigenvalue weighted by molar-refractivity contribution is -0.116. The monoisotopic (exact) mass is 393 g/mol. The number of aromatic nitrogens is 6. The first-order valence-corrected chi connectivity index (χ1v) is 10.1. The maximum atomic E-state index is 12.7. The summed E-state index contributed by atoms with van der Waals surface area (Å²) in [4.78, 5) is 17.4. The number of fused-ring (bicyclic) bond motifs is 1. The van der Waals surface area contributed by atoms with E-state index in [0.29, 0.717) is 5.69 Å². The number of carbonyl (C=O) groups excluding carboxylic acids is 1. The highest BCUT2D eigenvalue weighted by Crippen LogP contribution is 2.21. The van der Waals surface area contributed by atoms with E-state index < -0.39 is 0 Å². The van der Waals surface area contributed by atoms with Crippen LogP contribution in [0.2, 0.25) is 0 Å². The van der Waals surface area contributed by atoms with Crippen molar-refractivity contribution >= 4 is 34.4 Å². The molecule has 0 saturated heterocycles. The van der Waals surface area contributed by atoms with Gasteiger partial charge in [-0.2, -0.15) is 11.8 Å². The number of aryl methyl sites for hydroxylation is 1. The summed E-state index contributed by atoms with van der Waals surface area (Å²) in [7, 11) is 0. The highest BCUT2D eigenvalue weighted by Gasteiger charge is 2.14. The van der Waals surface area contributed by atoms with E-state index in [2.05, 4.69) is 25.8 Å². The van der Waals surface area contributed by atoms with Crippen LogP contribution in [0.25, 0.3) is 16.7 Å². The Kier molecular flexibility index (Phi) is 5.07. The Bertz CT molecular complexity index is 1120. The van der Waals surface area contributed by atoms with Crippen molar-refractivity contribution in [2.24, 2.45) is 0 Å². The van der Waals surface area contributed by atoms with Crippen molar-refractivity contribution in [1.82, 2.24) is 29.8 Å². The molecule has 4 aromatic rings. The van der Waals surface area contributed by atoms with Gasteiger partial charge < -0.3 is 9.88 Å². The quantitative estimate of drug-likeness (QED) is 0.542. The average molecular weight is 393 g/mol. The van der Waals surface area contributed by atoms with Crippen molar-refractivity contribution in [3.05, 3.63) is 60.2 Å². The number of amides is 1. The van der Waals surface area contributed by atoms with E-state index in [-0.39, 0.29) is 12.5 Å². The fourth-order valence-corrected chi connectivity index (χ4v) is 3.57. The van der Waals surface area contributed by atoms with E-state index in [0.717, 1.165) is 33.9 Å². The Morgan fingerprint density at radius 1 is 1.21 bits per heavy atom. The van der Waals surface area contributed by atoms with Crippen LogP contribution in [0.5, 0.6) is 0 Å². The summed E-state index contributed by atoms with van der Waals surface area (Å²) in [5.74, 6) is 1.52. The molecule has 0 saturated carbocycles. The molecule has 28 heavy (non-hydrogen) atoms. The molecular formula is C19H19N7OS. The lowest BCUT2D eigenvalue weighted by atomic mass is 10.2. The minimum Gasteiger partial charge on any atom is -0.324 e. The van der Waals surface area contributed by atoms with Gasteiger partial charge in [0.15, 0.2) is 0 Å². The van der Waals surface area contributed by atoms with E-state index in [1.54, 1.807) is 16.4 Å². The molecule has 8 nitrogen and oxygen atoms in total. The topological polar surface area (TPSA) is 90.5 Å². The number of carbonyl (C=O) groups is 1. The van der Waals surface area contributed by atoms with Crippen molar-refractivity contribution in [3.63, 3.8) is 0 Å². The lowest BCUT2D eigenvalue weighted by Crippen LogP contribution is -2.20. The van der Waals surface area contributed by atoms with Crippen LogP contribution in [-0.2, 0) is 17.1 Å². The van der Waals surface area contributed by atoms with Crippen molar-refractivity contribution < 1.29 is 4.79 Å². The van der Waals surface area contributed by atoms with Crippen LogP contribution in [0.3, 0.4) is 0 Å². The third kappa shape index (κ3) is 3.61. The van der Waals surface area contributed by atoms with Crippen LogP contribution in [0.15, 0.2) is 48.8 Å². The molecule has 0 fully saturated rings. The van der Waals surface area contributed by atoms with Crippen LogP contribution in [0.4, 0.5) is 5.69 Å². The second-order valence-electron chi connectivity index (χ2n) is 6.34. The number of imidazole rings is 1. The molecule has 2 heterocycles. The van der Waals surface area contributed by atoms with E-state index in [9.17, 15) is 4.79 Å². The molecule has 4 rings (SSSR count). The van der Waals surface area contributed by atoms with Gasteiger partial charge in [-0.3, -0.25) is 4.79 Å². The van der Waals surface area contributed by atoms with Crippen LogP contribution < -0.4 is 5.32 Å². The normalized spacial score (nSPS) is 11.1. The molecule has 0 radical (unpaired) electrons. The zero-order valence-corrected chi connectivity index (χ0v) is 16.3. The van der Waals surface area contributed by atoms with Crippen LogP contribution in [-0.4, -0.2) is 41.9 Å². The van der Waals surface area contributed by atoms with Gasteiger partial charge in [-0.15, -0.1) is 5.10 Å². The summed E-state index contributed by atoms with van der Waals surface area (Å²) < 4.78 is 3.54. The van der Waals surface area contributed by atoms with Crippen molar-refractivity contribution in [1.29, 1.82) is 0 Å². The number of hydrogen-bond donors (Lipinski definition) is 1. The molecule has 0 aliphatic carbocycles. The number of benzene rings is 2. The maximum absolute atomic E-state index is 12.7. The standard InChI is InChI=1S/C19H19N7OS/c1-13-7-8-14(9-17(13)26-12-20-23-24-26)21-19(27)10-25-16-6-4-3-5-15(16)22-18(25)11-28-2/h3-9,12H,10-11H2,1-2H3,(H,21,27). The smallest absolute Gasteiger partial charge is 0.244 e. The van der Waals surface area contributed by atoms with E-state index in [1.807, 2.05) is 60.2 Å². The highest BCUT2D eigenvalue weighted by atomic mass is 32.2. The first-order valence-electron chi connectivity index (χ1n) is 8.72. The number of tetrazole rings is 1. The largest absolute Gasteiger partial charge is 0.324 e. The molecule has 0 unspecified atom stereocenters. The Balaban J connectivity index is 1.58. The zero-order chi connectivity index (χ0) is 19.5. The maximum Gasteiger partial charge on any atom is 0.244 e. The third-order valence-corrected chi connectivity index (χ3v) is 4.94. The second kappa shape index (κ2) is 7.81. The predicted molar refractivity (Wildman–Crippen MR) is 109 cm³/mol. The number of nitrogens with one attached hydrogen (secondary N) is 1. The molecular weight excluding hydrogens is 374 g/mol. The SMILES string of the molecule is CSCc1nc2ccccc2n1CC(=O)Nc1ccc(C)c(-n2cnnn2)c1. The number of anilines is 1. The van der Waals surface area contributed by atoms with Crippen molar-refractivity contribution in [3.8, 4) is 5.69 Å². The number of thioether (sulfide) groups is 1. The molecule has 9 heteroatoms. The van der Waals surface area contributed by atoms with Gasteiger partial charge in [-0.05, 0) is 53.4 Å². The molecule has 0 spiro atoms. The van der Waals surface area contributed by atoms with Crippen LogP contribution in [0, 0.1) is 6.92 Å². The molecule has 0 aliphatic rings. The van der Waals surface area contributed by atoms with E-state index in [1.165, 1.54) is 6.33 Å². The van der Waals surface area contributed by atoms with Gasteiger partial charge >= 0.3 is 0 Å². The van der Waals surface area contributed by atoms with Gasteiger partial charge in [0.1, 0.15) is 18.7 Å². The van der Waals surface area contributed by atoms with Gasteiger partial charge in [0.25, 0.3) is 0 Å². The Morgan fingerprint density at radius 2 is 2.07 bits per heavy atom. The molecule has 2 aromatic heterocycles. The van der Waals surface area contributed by atoms with E-state index >= 15 is 0 Å². The molecule has 1 N–H and O–H groups in total. The van der Waals surface area contributed by atoms with Gasteiger partial charge in [-0.25, -0.2) is 9.67 Å². The summed E-state index contributed by atoms with van der Waals surface area (Å²) in [6, 6.07) is 13.5. The van der Waals surface area contributed by atoms with Gasteiger partial charge in [0.05, 0.1) is 22.5 Å². The summed E-state index contributed by atoms with van der Waals surface area (Å²) in [5, 5.41) is 14.2. The highest BCUT2D eigenvalue weighted by molar-refractivity contribution is 7.97. The van der Waals surface area contributed by atoms with E-state index in [4.69, 9.17) is 0 Å². The Labute approximate surface area is 166 Å². The van der Waals surface area contributed by atoms with Gasteiger partial charge in [-0.1, -0.05) is 18.2 Å². The Hall–Kier alpha value is -3.20. The zero-order valence-electron chi connectivity index (χ0n) is 15.5. The lowest BCUT2D eigenvalue weighted by Gasteiger charge is -2.11. The third-order valence-electron chi connectivity index (χ3n) is 4.40. The predicted octanol–water partition coefficient (Wildman–Crippen LogP) is 2.82. The molecule has 0 atom stereocenters. The Morgan fingerprint density at radius 3 is 2.86 bits per heavy atom. The van der Waals surface area contributed by atoms with Crippen molar-refractivity contribution in [2.75, 3.05) is 11.6 Å². The number of hydrogen-bond acceptors (Lipinski definition) is 6. The van der Waals surface area contributed by atoms with Gasteiger partial charge in [0.2, 0.25) is 5.91 Å². The van der Waals surface area contributed by atoms with Crippen LogP contribution >= 0.6 is 11.8 Å². The second-order valence-corrected chi connectivity index (χ2v) is 7.21. The summed E-state index contributed by atoms with van der Waals surface area (Å²) in [6.45, 7) is 2.17. The minimum atomic E-state index is -0.114. The fourth-order valence-electron chi connectivity index (χ4n) is 3.09. The minimum absolute atomic E-state index is 0.114. The number of rotatable bonds is 6. The summed E-state index contributed by atoms with van der Waals surface area (Å²) in [6.07, 6.45) is 3.55. The molecule has 142 valence electrons. The number of para-hydroxylation sites is 2. The molecule has 2 aromatic carbocycles. The number of nitrogens with zero attached hydrogens (tertiary/aromatic N) is 6. The van der Waals surface area contributed by atoms with Crippen molar-refractivity contribution in [2.45, 2.75) is 19.2 Å². The fraction of sp³-hybridized carbons (Fsp3) is 0.211. The summed E-state index contributed by atoms with van der Waals surface area (Å²) >= 11 is 1.68. The summed E-state index contributed by atoms with van der Waals surface area (Å²) in [5.41, 5.74) is 4.37. The molecule has 0 aliphatic heterocycles. The van der Waals surface area contributed by atoms with Crippen LogP contribution in [0.1, 0.15) is 11.4 Å². The molecule has 1 amide bonds. The average Bonchev–Trinajstić information content (AvgIpc) is 3.33. The molecule has 0 bridgehead atoms. The first kappa shape index (κ1) is 18.2. The first-order chi connectivity index (χ1) is 13.7.